The second kappa shape index (κ2) is 7.22. The molecule has 1 rings (SSSR count). The molecule has 0 saturated heterocycles. The largest absolute Gasteiger partial charge is 0.392 e. The highest BCUT2D eigenvalue weighted by Crippen LogP contribution is 2.25. The Morgan fingerprint density at radius 3 is 2.52 bits per heavy atom. The van der Waals surface area contributed by atoms with Gasteiger partial charge in [0, 0.05) is 23.0 Å². The molecule has 6 heteroatoms. The average Bonchev–Trinajstić information content (AvgIpc) is 2.82. The molecule has 2 amide bonds. The van der Waals surface area contributed by atoms with E-state index in [1.54, 1.807) is 17.5 Å². The van der Waals surface area contributed by atoms with Crippen LogP contribution in [0.2, 0.25) is 0 Å². The Hall–Kier alpha value is -1.14. The number of urea groups is 1. The lowest BCUT2D eigenvalue weighted by Gasteiger charge is -2.33. The van der Waals surface area contributed by atoms with Crippen LogP contribution >= 0.6 is 11.3 Å². The van der Waals surface area contributed by atoms with Crippen LogP contribution in [0.5, 0.6) is 0 Å². The SMILES string of the molecule is Cc1cnc(C(C)NC(=O)NCC(C)(C)C(O)C(C)C)s1. The fourth-order valence-corrected chi connectivity index (χ4v) is 2.97. The molecule has 120 valence electrons. The first kappa shape index (κ1) is 17.9. The second-order valence-electron chi connectivity index (χ2n) is 6.54. The van der Waals surface area contributed by atoms with Crippen LogP contribution in [-0.4, -0.2) is 28.8 Å². The van der Waals surface area contributed by atoms with Gasteiger partial charge >= 0.3 is 6.03 Å². The van der Waals surface area contributed by atoms with E-state index in [1.165, 1.54) is 0 Å². The van der Waals surface area contributed by atoms with Gasteiger partial charge in [-0.2, -0.15) is 0 Å². The van der Waals surface area contributed by atoms with Crippen LogP contribution in [0.15, 0.2) is 6.20 Å². The molecule has 0 saturated carbocycles. The Kier molecular flexibility index (Phi) is 6.16. The van der Waals surface area contributed by atoms with Crippen molar-refractivity contribution in [3.05, 3.63) is 16.1 Å². The number of thiazole rings is 1. The smallest absolute Gasteiger partial charge is 0.315 e. The highest BCUT2D eigenvalue weighted by molar-refractivity contribution is 7.11. The lowest BCUT2D eigenvalue weighted by Crippen LogP contribution is -2.46. The first-order valence-electron chi connectivity index (χ1n) is 7.28. The van der Waals surface area contributed by atoms with Crippen LogP contribution < -0.4 is 10.6 Å². The third-order valence-corrected chi connectivity index (χ3v) is 4.59. The van der Waals surface area contributed by atoms with Gasteiger partial charge in [0.2, 0.25) is 0 Å². The molecule has 21 heavy (non-hydrogen) atoms. The Bertz CT molecular complexity index is 471. The van der Waals surface area contributed by atoms with E-state index in [9.17, 15) is 9.90 Å². The lowest BCUT2D eigenvalue weighted by molar-refractivity contribution is 0.0151. The molecule has 0 aliphatic rings. The minimum Gasteiger partial charge on any atom is -0.392 e. The van der Waals surface area contributed by atoms with Crippen molar-refractivity contribution < 1.29 is 9.90 Å². The molecular formula is C15H27N3O2S. The second-order valence-corrected chi connectivity index (χ2v) is 7.80. The van der Waals surface area contributed by atoms with Crippen molar-refractivity contribution in [2.24, 2.45) is 11.3 Å². The summed E-state index contributed by atoms with van der Waals surface area (Å²) in [6.45, 7) is 12.2. The summed E-state index contributed by atoms with van der Waals surface area (Å²) in [5.41, 5.74) is -0.369. The monoisotopic (exact) mass is 313 g/mol. The number of hydrogen-bond donors (Lipinski definition) is 3. The number of rotatable bonds is 6. The van der Waals surface area contributed by atoms with Crippen LogP contribution in [0.3, 0.4) is 0 Å². The van der Waals surface area contributed by atoms with Gasteiger partial charge in [-0.15, -0.1) is 11.3 Å². The van der Waals surface area contributed by atoms with Gasteiger partial charge in [0.1, 0.15) is 5.01 Å². The summed E-state index contributed by atoms with van der Waals surface area (Å²) in [6, 6.07) is -0.360. The van der Waals surface area contributed by atoms with E-state index < -0.39 is 6.10 Å². The minimum absolute atomic E-state index is 0.123. The van der Waals surface area contributed by atoms with Crippen LogP contribution in [0.4, 0.5) is 4.79 Å². The number of hydrogen-bond acceptors (Lipinski definition) is 4. The Morgan fingerprint density at radius 1 is 1.43 bits per heavy atom. The highest BCUT2D eigenvalue weighted by atomic mass is 32.1. The van der Waals surface area contributed by atoms with E-state index in [0.29, 0.717) is 6.54 Å². The maximum Gasteiger partial charge on any atom is 0.315 e. The van der Waals surface area contributed by atoms with Crippen molar-refractivity contribution in [3.63, 3.8) is 0 Å². The van der Waals surface area contributed by atoms with Gasteiger partial charge in [-0.3, -0.25) is 0 Å². The molecule has 0 bridgehead atoms. The number of aromatic nitrogens is 1. The summed E-state index contributed by atoms with van der Waals surface area (Å²) in [5.74, 6) is 0.155. The van der Waals surface area contributed by atoms with Gasteiger partial charge in [-0.05, 0) is 19.8 Å². The summed E-state index contributed by atoms with van der Waals surface area (Å²) in [5, 5.41) is 16.7. The molecule has 3 N–H and O–H groups in total. The predicted octanol–water partition coefficient (Wildman–Crippen LogP) is 2.85. The Balaban J connectivity index is 2.47. The van der Waals surface area contributed by atoms with E-state index in [4.69, 9.17) is 0 Å². The molecule has 0 aliphatic carbocycles. The van der Waals surface area contributed by atoms with Crippen molar-refractivity contribution in [2.75, 3.05) is 6.54 Å². The Morgan fingerprint density at radius 2 is 2.05 bits per heavy atom. The molecular weight excluding hydrogens is 286 g/mol. The van der Waals surface area contributed by atoms with Crippen molar-refractivity contribution in [1.29, 1.82) is 0 Å². The van der Waals surface area contributed by atoms with Crippen molar-refractivity contribution >= 4 is 17.4 Å². The fourth-order valence-electron chi connectivity index (χ4n) is 2.20. The summed E-state index contributed by atoms with van der Waals surface area (Å²) < 4.78 is 0. The molecule has 1 aromatic heterocycles. The van der Waals surface area contributed by atoms with E-state index >= 15 is 0 Å². The van der Waals surface area contributed by atoms with Gasteiger partial charge in [0.15, 0.2) is 0 Å². The van der Waals surface area contributed by atoms with Gasteiger partial charge < -0.3 is 15.7 Å². The zero-order valence-corrected chi connectivity index (χ0v) is 14.5. The third kappa shape index (κ3) is 5.28. The maximum absolute atomic E-state index is 11.9. The molecule has 0 radical (unpaired) electrons. The van der Waals surface area contributed by atoms with Crippen molar-refractivity contribution in [2.45, 2.75) is 53.7 Å². The molecule has 2 atom stereocenters. The van der Waals surface area contributed by atoms with Crippen LogP contribution in [0.1, 0.15) is 50.5 Å². The minimum atomic E-state index is -0.461. The maximum atomic E-state index is 11.9. The summed E-state index contributed by atoms with van der Waals surface area (Å²) in [4.78, 5) is 17.3. The molecule has 1 aromatic rings. The predicted molar refractivity (Wildman–Crippen MR) is 86.4 cm³/mol. The number of nitrogens with one attached hydrogen (secondary N) is 2. The van der Waals surface area contributed by atoms with E-state index in [-0.39, 0.29) is 23.4 Å². The number of aliphatic hydroxyl groups is 1. The normalized spacial score (nSPS) is 14.9. The number of nitrogens with zero attached hydrogens (tertiary/aromatic N) is 1. The zero-order chi connectivity index (χ0) is 16.2. The topological polar surface area (TPSA) is 74.2 Å². The standard InChI is InChI=1S/C15H27N3O2S/c1-9(2)12(19)15(5,6)8-17-14(20)18-11(4)13-16-7-10(3)21-13/h7,9,11-12,19H,8H2,1-6H3,(H2,17,18,20). The van der Waals surface area contributed by atoms with Crippen molar-refractivity contribution in [1.82, 2.24) is 15.6 Å². The van der Waals surface area contributed by atoms with Crippen LogP contribution in [0.25, 0.3) is 0 Å². The van der Waals surface area contributed by atoms with Gasteiger partial charge in [0.25, 0.3) is 0 Å². The molecule has 0 spiro atoms. The zero-order valence-electron chi connectivity index (χ0n) is 13.7. The van der Waals surface area contributed by atoms with E-state index in [0.717, 1.165) is 9.88 Å². The number of amides is 2. The number of carbonyl (C=O) groups excluding carboxylic acids is 1. The van der Waals surface area contributed by atoms with Gasteiger partial charge in [0.05, 0.1) is 12.1 Å². The van der Waals surface area contributed by atoms with E-state index in [2.05, 4.69) is 15.6 Å². The van der Waals surface area contributed by atoms with Crippen LogP contribution in [0, 0.1) is 18.3 Å². The fraction of sp³-hybridized carbons (Fsp3) is 0.733. The first-order valence-corrected chi connectivity index (χ1v) is 8.10. The molecule has 2 unspecified atom stereocenters. The first-order chi connectivity index (χ1) is 9.63. The van der Waals surface area contributed by atoms with Crippen molar-refractivity contribution in [3.8, 4) is 0 Å². The average molecular weight is 313 g/mol. The quantitative estimate of drug-likeness (QED) is 0.756. The van der Waals surface area contributed by atoms with Gasteiger partial charge in [-0.1, -0.05) is 27.7 Å². The molecule has 0 fully saturated rings. The summed E-state index contributed by atoms with van der Waals surface area (Å²) in [6.07, 6.45) is 1.34. The third-order valence-electron chi connectivity index (χ3n) is 3.49. The molecule has 0 aliphatic heterocycles. The molecule has 0 aromatic carbocycles. The number of aryl methyl sites for hydroxylation is 1. The van der Waals surface area contributed by atoms with E-state index in [1.807, 2.05) is 41.5 Å². The number of carbonyl (C=O) groups is 1. The highest BCUT2D eigenvalue weighted by Gasteiger charge is 2.30. The molecule has 5 nitrogen and oxygen atoms in total. The Labute approximate surface area is 131 Å². The summed E-state index contributed by atoms with van der Waals surface area (Å²) in [7, 11) is 0. The van der Waals surface area contributed by atoms with Crippen LogP contribution in [-0.2, 0) is 0 Å². The van der Waals surface area contributed by atoms with Gasteiger partial charge in [-0.25, -0.2) is 9.78 Å². The molecule has 1 heterocycles. The lowest BCUT2D eigenvalue weighted by atomic mass is 9.81. The number of aliphatic hydroxyl groups excluding tert-OH is 1. The summed E-state index contributed by atoms with van der Waals surface area (Å²) >= 11 is 1.58.